The molecule has 0 radical (unpaired) electrons. The van der Waals surface area contributed by atoms with E-state index >= 15 is 0 Å². The Morgan fingerprint density at radius 2 is 2.22 bits per heavy atom. The number of carboxylic acid groups (broad SMARTS) is 1. The number of nitro benzene ring substituents is 1. The molecule has 0 aliphatic carbocycles. The van der Waals surface area contributed by atoms with Gasteiger partial charge in [-0.15, -0.1) is 11.3 Å². The molecular formula is C11H8N2O4S. The molecule has 7 heteroatoms. The zero-order valence-electron chi connectivity index (χ0n) is 9.28. The van der Waals surface area contributed by atoms with Gasteiger partial charge in [-0.05, 0) is 12.5 Å². The molecule has 0 aliphatic heterocycles. The van der Waals surface area contributed by atoms with Crippen LogP contribution in [-0.4, -0.2) is 21.0 Å². The third-order valence-electron chi connectivity index (χ3n) is 2.38. The Morgan fingerprint density at radius 1 is 1.50 bits per heavy atom. The third kappa shape index (κ3) is 2.21. The van der Waals surface area contributed by atoms with Crippen molar-refractivity contribution in [3.8, 4) is 10.6 Å². The first-order valence-corrected chi connectivity index (χ1v) is 5.75. The van der Waals surface area contributed by atoms with Crippen molar-refractivity contribution in [2.45, 2.75) is 6.92 Å². The molecule has 2 rings (SSSR count). The van der Waals surface area contributed by atoms with Crippen LogP contribution in [0.15, 0.2) is 24.4 Å². The number of aromatic nitrogens is 1. The van der Waals surface area contributed by atoms with Crippen molar-refractivity contribution in [3.05, 3.63) is 45.0 Å². The Bertz CT molecular complexity index is 636. The van der Waals surface area contributed by atoms with Gasteiger partial charge in [0, 0.05) is 17.7 Å². The van der Waals surface area contributed by atoms with Gasteiger partial charge >= 0.3 is 5.97 Å². The number of carbonyl (C=O) groups is 1. The fourth-order valence-corrected chi connectivity index (χ4v) is 2.29. The summed E-state index contributed by atoms with van der Waals surface area (Å²) < 4.78 is 0. The molecule has 92 valence electrons. The van der Waals surface area contributed by atoms with Gasteiger partial charge in [0.25, 0.3) is 5.69 Å². The van der Waals surface area contributed by atoms with E-state index in [0.29, 0.717) is 10.6 Å². The molecule has 0 aliphatic rings. The second-order valence-corrected chi connectivity index (χ2v) is 4.62. The third-order valence-corrected chi connectivity index (χ3v) is 3.40. The highest BCUT2D eigenvalue weighted by atomic mass is 32.1. The fraction of sp³-hybridized carbons (Fsp3) is 0.0909. The summed E-state index contributed by atoms with van der Waals surface area (Å²) in [6.45, 7) is 1.79. The number of rotatable bonds is 3. The van der Waals surface area contributed by atoms with E-state index in [4.69, 9.17) is 5.11 Å². The molecule has 1 aromatic carbocycles. The summed E-state index contributed by atoms with van der Waals surface area (Å²) in [5.74, 6) is -1.05. The first kappa shape index (κ1) is 12.2. The van der Waals surface area contributed by atoms with Crippen LogP contribution in [0.25, 0.3) is 10.6 Å². The number of hydrogen-bond acceptors (Lipinski definition) is 5. The topological polar surface area (TPSA) is 93.3 Å². The van der Waals surface area contributed by atoms with Gasteiger partial charge in [-0.3, -0.25) is 10.1 Å². The Kier molecular flexibility index (Phi) is 3.07. The minimum absolute atomic E-state index is 0.0392. The van der Waals surface area contributed by atoms with Crippen molar-refractivity contribution in [3.63, 3.8) is 0 Å². The van der Waals surface area contributed by atoms with E-state index in [1.807, 2.05) is 0 Å². The van der Waals surface area contributed by atoms with Crippen LogP contribution >= 0.6 is 11.3 Å². The molecular weight excluding hydrogens is 256 g/mol. The van der Waals surface area contributed by atoms with Crippen molar-refractivity contribution in [2.24, 2.45) is 0 Å². The van der Waals surface area contributed by atoms with Crippen LogP contribution in [0, 0.1) is 17.0 Å². The lowest BCUT2D eigenvalue weighted by Gasteiger charge is -2.01. The summed E-state index contributed by atoms with van der Waals surface area (Å²) in [5.41, 5.74) is 1.36. The lowest BCUT2D eigenvalue weighted by molar-refractivity contribution is -0.384. The molecule has 0 fully saturated rings. The molecule has 18 heavy (non-hydrogen) atoms. The number of aryl methyl sites for hydroxylation is 1. The van der Waals surface area contributed by atoms with Crippen molar-refractivity contribution in [1.29, 1.82) is 0 Å². The maximum absolute atomic E-state index is 10.8. The standard InChI is InChI=1S/C11H8N2O4S/c1-6-2-3-7(13(16)17)4-8(6)10-12-5-9(18-10)11(14)15/h2-5H,1H3,(H,14,15). The molecule has 1 aromatic heterocycles. The smallest absolute Gasteiger partial charge is 0.347 e. The highest BCUT2D eigenvalue weighted by Crippen LogP contribution is 2.30. The van der Waals surface area contributed by atoms with E-state index in [9.17, 15) is 14.9 Å². The normalized spacial score (nSPS) is 10.3. The van der Waals surface area contributed by atoms with Crippen LogP contribution in [0.3, 0.4) is 0 Å². The summed E-state index contributed by atoms with van der Waals surface area (Å²) in [7, 11) is 0. The fourth-order valence-electron chi connectivity index (χ4n) is 1.45. The summed E-state index contributed by atoms with van der Waals surface area (Å²) in [6, 6.07) is 4.43. The summed E-state index contributed by atoms with van der Waals surface area (Å²) >= 11 is 0.995. The van der Waals surface area contributed by atoms with E-state index in [-0.39, 0.29) is 10.6 Å². The number of carboxylic acids is 1. The van der Waals surface area contributed by atoms with Crippen molar-refractivity contribution in [2.75, 3.05) is 0 Å². The van der Waals surface area contributed by atoms with Gasteiger partial charge < -0.3 is 5.11 Å². The molecule has 6 nitrogen and oxygen atoms in total. The van der Waals surface area contributed by atoms with Crippen molar-refractivity contribution < 1.29 is 14.8 Å². The molecule has 0 saturated carbocycles. The predicted molar refractivity (Wildman–Crippen MR) is 65.9 cm³/mol. The van der Waals surface area contributed by atoms with Crippen LogP contribution < -0.4 is 0 Å². The number of non-ortho nitro benzene ring substituents is 1. The monoisotopic (exact) mass is 264 g/mol. The number of benzene rings is 1. The molecule has 0 amide bonds. The Hall–Kier alpha value is -2.28. The molecule has 0 unspecified atom stereocenters. The molecule has 1 N–H and O–H groups in total. The van der Waals surface area contributed by atoms with Gasteiger partial charge in [0.2, 0.25) is 0 Å². The Labute approximate surface area is 106 Å². The minimum Gasteiger partial charge on any atom is -0.477 e. The largest absolute Gasteiger partial charge is 0.477 e. The van der Waals surface area contributed by atoms with Crippen LogP contribution in [0.4, 0.5) is 5.69 Å². The van der Waals surface area contributed by atoms with Gasteiger partial charge in [0.15, 0.2) is 0 Å². The number of nitro groups is 1. The number of hydrogen-bond donors (Lipinski definition) is 1. The van der Waals surface area contributed by atoms with Crippen molar-refractivity contribution >= 4 is 23.0 Å². The molecule has 0 bridgehead atoms. The first-order valence-electron chi connectivity index (χ1n) is 4.93. The van der Waals surface area contributed by atoms with E-state index < -0.39 is 10.9 Å². The molecule has 0 spiro atoms. The maximum atomic E-state index is 10.8. The van der Waals surface area contributed by atoms with Gasteiger partial charge in [-0.1, -0.05) is 6.07 Å². The van der Waals surface area contributed by atoms with Gasteiger partial charge in [-0.25, -0.2) is 9.78 Å². The van der Waals surface area contributed by atoms with Crippen LogP contribution in [0.1, 0.15) is 15.2 Å². The second-order valence-electron chi connectivity index (χ2n) is 3.59. The summed E-state index contributed by atoms with van der Waals surface area (Å²) in [4.78, 5) is 25.1. The Morgan fingerprint density at radius 3 is 2.78 bits per heavy atom. The van der Waals surface area contributed by atoms with E-state index in [0.717, 1.165) is 16.9 Å². The SMILES string of the molecule is Cc1ccc([N+](=O)[O-])cc1-c1ncc(C(=O)O)s1. The Balaban J connectivity index is 2.51. The van der Waals surface area contributed by atoms with Crippen molar-refractivity contribution in [1.82, 2.24) is 4.98 Å². The highest BCUT2D eigenvalue weighted by Gasteiger charge is 2.15. The van der Waals surface area contributed by atoms with E-state index in [1.165, 1.54) is 18.3 Å². The van der Waals surface area contributed by atoms with E-state index in [1.54, 1.807) is 13.0 Å². The average Bonchev–Trinajstić information content (AvgIpc) is 2.78. The predicted octanol–water partition coefficient (Wildman–Crippen LogP) is 2.72. The van der Waals surface area contributed by atoms with Gasteiger partial charge in [0.1, 0.15) is 9.88 Å². The highest BCUT2D eigenvalue weighted by molar-refractivity contribution is 7.16. The summed E-state index contributed by atoms with van der Waals surface area (Å²) in [5, 5.41) is 20.0. The van der Waals surface area contributed by atoms with Crippen LogP contribution in [-0.2, 0) is 0 Å². The zero-order valence-corrected chi connectivity index (χ0v) is 10.1. The average molecular weight is 264 g/mol. The number of thiazole rings is 1. The molecule has 1 heterocycles. The maximum Gasteiger partial charge on any atom is 0.347 e. The first-order chi connectivity index (χ1) is 8.49. The number of aromatic carboxylic acids is 1. The van der Waals surface area contributed by atoms with Crippen LogP contribution in [0.5, 0.6) is 0 Å². The molecule has 0 saturated heterocycles. The quantitative estimate of drug-likeness (QED) is 0.679. The second kappa shape index (κ2) is 4.53. The van der Waals surface area contributed by atoms with E-state index in [2.05, 4.69) is 4.98 Å². The van der Waals surface area contributed by atoms with Gasteiger partial charge in [0.05, 0.1) is 11.1 Å². The lowest BCUT2D eigenvalue weighted by Crippen LogP contribution is -1.90. The molecule has 0 atom stereocenters. The molecule has 2 aromatic rings. The summed E-state index contributed by atoms with van der Waals surface area (Å²) in [6.07, 6.45) is 1.25. The minimum atomic E-state index is -1.05. The zero-order chi connectivity index (χ0) is 13.3. The number of nitrogens with zero attached hydrogens (tertiary/aromatic N) is 2. The van der Waals surface area contributed by atoms with Crippen LogP contribution in [0.2, 0.25) is 0 Å². The lowest BCUT2D eigenvalue weighted by atomic mass is 10.1. The van der Waals surface area contributed by atoms with Gasteiger partial charge in [-0.2, -0.15) is 0 Å².